The number of aliphatic carboxylic acids is 1. The predicted molar refractivity (Wildman–Crippen MR) is 79.5 cm³/mol. The molecule has 0 fully saturated rings. The zero-order valence-corrected chi connectivity index (χ0v) is 12.8. The van der Waals surface area contributed by atoms with Crippen LogP contribution in [0.4, 0.5) is 0 Å². The summed E-state index contributed by atoms with van der Waals surface area (Å²) in [6.07, 6.45) is 17.6. The first-order valence-electron chi connectivity index (χ1n) is 7.99. The van der Waals surface area contributed by atoms with E-state index in [0.29, 0.717) is 0 Å². The summed E-state index contributed by atoms with van der Waals surface area (Å²) in [5.41, 5.74) is 0. The third-order valence-corrected chi connectivity index (χ3v) is 3.58. The van der Waals surface area contributed by atoms with Gasteiger partial charge in [0.05, 0.1) is 6.54 Å². The summed E-state index contributed by atoms with van der Waals surface area (Å²) in [5.74, 6) is -0.796. The van der Waals surface area contributed by atoms with E-state index in [1.165, 1.54) is 57.8 Å². The molecule has 0 atom stereocenters. The number of unbranched alkanes of at least 4 members (excludes halogenated alkanes) is 8. The number of carbonyl (C=O) groups is 1. The van der Waals surface area contributed by atoms with Crippen LogP contribution in [0.15, 0.2) is 18.7 Å². The molecular formula is C16H29N2O2+. The minimum Gasteiger partial charge on any atom is -0.478 e. The van der Waals surface area contributed by atoms with Gasteiger partial charge in [-0.3, -0.25) is 0 Å². The second-order valence-electron chi connectivity index (χ2n) is 5.55. The van der Waals surface area contributed by atoms with Crippen molar-refractivity contribution in [2.24, 2.45) is 0 Å². The Bertz CT molecular complexity index is 374. The van der Waals surface area contributed by atoms with Crippen molar-refractivity contribution in [1.82, 2.24) is 4.57 Å². The second-order valence-corrected chi connectivity index (χ2v) is 5.55. The van der Waals surface area contributed by atoms with Crippen LogP contribution in [0, 0.1) is 0 Å². The topological polar surface area (TPSA) is 46.1 Å². The molecule has 1 rings (SSSR count). The summed E-state index contributed by atoms with van der Waals surface area (Å²) < 4.78 is 3.78. The Kier molecular flexibility index (Phi) is 8.76. The van der Waals surface area contributed by atoms with Crippen molar-refractivity contribution in [2.45, 2.75) is 77.8 Å². The Labute approximate surface area is 122 Å². The smallest absolute Gasteiger partial charge is 0.346 e. The minimum atomic E-state index is -0.796. The van der Waals surface area contributed by atoms with Crippen LogP contribution in [0.5, 0.6) is 0 Å². The molecule has 0 aromatic carbocycles. The van der Waals surface area contributed by atoms with Crippen LogP contribution in [0.1, 0.15) is 64.7 Å². The zero-order valence-electron chi connectivity index (χ0n) is 12.8. The molecule has 114 valence electrons. The normalized spacial score (nSPS) is 10.8. The van der Waals surface area contributed by atoms with Crippen LogP contribution in [0.3, 0.4) is 0 Å². The average molecular weight is 281 g/mol. The third-order valence-electron chi connectivity index (χ3n) is 3.58. The number of nitrogens with zero attached hydrogens (tertiary/aromatic N) is 2. The van der Waals surface area contributed by atoms with Gasteiger partial charge in [0.25, 0.3) is 0 Å². The molecule has 20 heavy (non-hydrogen) atoms. The lowest BCUT2D eigenvalue weighted by molar-refractivity contribution is -0.685. The lowest BCUT2D eigenvalue weighted by Gasteiger charge is -2.01. The van der Waals surface area contributed by atoms with E-state index in [2.05, 4.69) is 11.5 Å². The van der Waals surface area contributed by atoms with Crippen LogP contribution in [0.25, 0.3) is 0 Å². The van der Waals surface area contributed by atoms with Gasteiger partial charge in [-0.1, -0.05) is 51.9 Å². The quantitative estimate of drug-likeness (QED) is 0.471. The van der Waals surface area contributed by atoms with Crippen molar-refractivity contribution in [3.05, 3.63) is 18.7 Å². The molecule has 0 unspecified atom stereocenters. The molecule has 0 saturated heterocycles. The lowest BCUT2D eigenvalue weighted by Crippen LogP contribution is -2.35. The summed E-state index contributed by atoms with van der Waals surface area (Å²) in [6, 6.07) is 0. The van der Waals surface area contributed by atoms with Crippen LogP contribution in [-0.2, 0) is 17.9 Å². The Balaban J connectivity index is 1.98. The monoisotopic (exact) mass is 281 g/mol. The molecule has 0 spiro atoms. The van der Waals surface area contributed by atoms with Gasteiger partial charge >= 0.3 is 5.97 Å². The fourth-order valence-electron chi connectivity index (χ4n) is 2.43. The maximum atomic E-state index is 10.6. The number of aromatic nitrogens is 2. The fourth-order valence-corrected chi connectivity index (χ4v) is 2.43. The van der Waals surface area contributed by atoms with E-state index in [1.54, 1.807) is 4.57 Å². The summed E-state index contributed by atoms with van der Waals surface area (Å²) in [5, 5.41) is 8.70. The Morgan fingerprint density at radius 1 is 1.05 bits per heavy atom. The van der Waals surface area contributed by atoms with Gasteiger partial charge in [-0.15, -0.1) is 0 Å². The fraction of sp³-hybridized carbons (Fsp3) is 0.750. The first kappa shape index (κ1) is 16.7. The van der Waals surface area contributed by atoms with Crippen molar-refractivity contribution in [3.8, 4) is 0 Å². The van der Waals surface area contributed by atoms with Crippen LogP contribution < -0.4 is 4.57 Å². The molecule has 0 saturated carbocycles. The summed E-state index contributed by atoms with van der Waals surface area (Å²) in [4.78, 5) is 10.6. The number of hydrogen-bond acceptors (Lipinski definition) is 1. The number of rotatable bonds is 12. The Morgan fingerprint density at radius 2 is 1.65 bits per heavy atom. The molecule has 1 aromatic heterocycles. The molecule has 0 amide bonds. The molecule has 4 nitrogen and oxygen atoms in total. The maximum absolute atomic E-state index is 10.6. The average Bonchev–Trinajstić information content (AvgIpc) is 2.83. The molecule has 1 N–H and O–H groups in total. The largest absolute Gasteiger partial charge is 0.478 e. The summed E-state index contributed by atoms with van der Waals surface area (Å²) >= 11 is 0. The number of aryl methyl sites for hydroxylation is 1. The van der Waals surface area contributed by atoms with Gasteiger partial charge in [-0.25, -0.2) is 13.9 Å². The van der Waals surface area contributed by atoms with E-state index in [1.807, 2.05) is 18.7 Å². The van der Waals surface area contributed by atoms with Gasteiger partial charge in [-0.2, -0.15) is 0 Å². The third kappa shape index (κ3) is 7.97. The summed E-state index contributed by atoms with van der Waals surface area (Å²) in [7, 11) is 0. The highest BCUT2D eigenvalue weighted by Crippen LogP contribution is 2.09. The molecule has 1 aromatic rings. The SMILES string of the molecule is CCCCCCCCCCCn1cc[n+](CC(=O)O)c1. The van der Waals surface area contributed by atoms with Gasteiger partial charge < -0.3 is 5.11 Å². The number of hydrogen-bond donors (Lipinski definition) is 1. The van der Waals surface area contributed by atoms with Gasteiger partial charge in [0, 0.05) is 0 Å². The van der Waals surface area contributed by atoms with Crippen molar-refractivity contribution in [3.63, 3.8) is 0 Å². The summed E-state index contributed by atoms with van der Waals surface area (Å²) in [6.45, 7) is 3.29. The highest BCUT2D eigenvalue weighted by atomic mass is 16.4. The first-order valence-corrected chi connectivity index (χ1v) is 7.99. The number of imidazole rings is 1. The van der Waals surface area contributed by atoms with Crippen molar-refractivity contribution < 1.29 is 14.5 Å². The number of carboxylic acid groups (broad SMARTS) is 1. The molecule has 1 heterocycles. The molecule has 4 heteroatoms. The predicted octanol–water partition coefficient (Wildman–Crippen LogP) is 3.39. The van der Waals surface area contributed by atoms with Crippen LogP contribution in [-0.4, -0.2) is 15.6 Å². The van der Waals surface area contributed by atoms with E-state index in [9.17, 15) is 4.79 Å². The van der Waals surface area contributed by atoms with E-state index in [0.717, 1.165) is 6.54 Å². The van der Waals surface area contributed by atoms with E-state index in [-0.39, 0.29) is 6.54 Å². The standard InChI is InChI=1S/C16H28N2O2/c1-2-3-4-5-6-7-8-9-10-11-17-12-13-18(15-17)14-16(19)20/h12-13,15H,2-11,14H2,1H3/p+1. The maximum Gasteiger partial charge on any atom is 0.346 e. The van der Waals surface area contributed by atoms with Gasteiger partial charge in [-0.05, 0) is 12.8 Å². The van der Waals surface area contributed by atoms with Gasteiger partial charge in [0.15, 0.2) is 6.54 Å². The van der Waals surface area contributed by atoms with Crippen molar-refractivity contribution >= 4 is 5.97 Å². The van der Waals surface area contributed by atoms with E-state index < -0.39 is 5.97 Å². The highest BCUT2D eigenvalue weighted by molar-refractivity contribution is 5.64. The minimum absolute atomic E-state index is 0.0464. The Hall–Kier alpha value is -1.32. The molecule has 0 aliphatic heterocycles. The molecule has 0 bridgehead atoms. The second kappa shape index (κ2) is 10.5. The Morgan fingerprint density at radius 3 is 2.25 bits per heavy atom. The molecule has 0 radical (unpaired) electrons. The van der Waals surface area contributed by atoms with E-state index >= 15 is 0 Å². The van der Waals surface area contributed by atoms with Crippen molar-refractivity contribution in [1.29, 1.82) is 0 Å². The van der Waals surface area contributed by atoms with Crippen LogP contribution in [0.2, 0.25) is 0 Å². The highest BCUT2D eigenvalue weighted by Gasteiger charge is 2.06. The van der Waals surface area contributed by atoms with Crippen molar-refractivity contribution in [2.75, 3.05) is 0 Å². The number of carboxylic acids is 1. The van der Waals surface area contributed by atoms with Gasteiger partial charge in [0.2, 0.25) is 6.33 Å². The van der Waals surface area contributed by atoms with Crippen LogP contribution >= 0.6 is 0 Å². The lowest BCUT2D eigenvalue weighted by atomic mass is 10.1. The molecular weight excluding hydrogens is 252 g/mol. The molecule has 0 aliphatic carbocycles. The first-order chi connectivity index (χ1) is 9.72. The van der Waals surface area contributed by atoms with Gasteiger partial charge in [0.1, 0.15) is 12.4 Å². The van der Waals surface area contributed by atoms with E-state index in [4.69, 9.17) is 5.11 Å². The molecule has 0 aliphatic rings. The zero-order chi connectivity index (χ0) is 14.6.